The summed E-state index contributed by atoms with van der Waals surface area (Å²) in [5.74, 6) is 3.18. The van der Waals surface area contributed by atoms with Gasteiger partial charge in [-0.15, -0.1) is 0 Å². The molecule has 0 spiro atoms. The highest BCUT2D eigenvalue weighted by Crippen LogP contribution is 2.61. The molecule has 4 rings (SSSR count). The van der Waals surface area contributed by atoms with Gasteiger partial charge in [-0.3, -0.25) is 0 Å². The van der Waals surface area contributed by atoms with Crippen LogP contribution in [0.15, 0.2) is 11.6 Å². The lowest BCUT2D eigenvalue weighted by Gasteiger charge is -2.53. The van der Waals surface area contributed by atoms with Crippen LogP contribution in [0.1, 0.15) is 58.3 Å². The van der Waals surface area contributed by atoms with E-state index in [0.29, 0.717) is 0 Å². The van der Waals surface area contributed by atoms with Gasteiger partial charge < -0.3 is 10.2 Å². The fourth-order valence-corrected chi connectivity index (χ4v) is 6.28. The van der Waals surface area contributed by atoms with Crippen molar-refractivity contribution in [3.63, 3.8) is 0 Å². The fraction of sp³-hybridized carbons (Fsp3) is 0.889. The van der Waals surface area contributed by atoms with Crippen molar-refractivity contribution in [2.45, 2.75) is 70.5 Å². The molecule has 7 atom stereocenters. The zero-order valence-electron chi connectivity index (χ0n) is 12.6. The summed E-state index contributed by atoms with van der Waals surface area (Å²) in [5.41, 5.74) is 1.77. The normalized spacial score (nSPS) is 54.6. The number of aliphatic hydroxyl groups is 2. The summed E-state index contributed by atoms with van der Waals surface area (Å²) in [6.45, 7) is 2.35. The number of hydrogen-bond acceptors (Lipinski definition) is 2. The summed E-state index contributed by atoms with van der Waals surface area (Å²) < 4.78 is 0. The Bertz CT molecular complexity index is 429. The van der Waals surface area contributed by atoms with Crippen LogP contribution in [0.5, 0.6) is 0 Å². The summed E-state index contributed by atoms with van der Waals surface area (Å²) in [7, 11) is 0. The summed E-state index contributed by atoms with van der Waals surface area (Å²) in [4.78, 5) is 0. The molecular weight excluding hydrogens is 248 g/mol. The van der Waals surface area contributed by atoms with Crippen molar-refractivity contribution in [2.75, 3.05) is 0 Å². The molecule has 2 N–H and O–H groups in total. The summed E-state index contributed by atoms with van der Waals surface area (Å²) in [5, 5.41) is 20.3. The van der Waals surface area contributed by atoms with Gasteiger partial charge in [0, 0.05) is 0 Å². The zero-order valence-corrected chi connectivity index (χ0v) is 12.6. The first-order chi connectivity index (χ1) is 9.59. The highest BCUT2D eigenvalue weighted by Gasteiger charge is 2.55. The van der Waals surface area contributed by atoms with Crippen molar-refractivity contribution in [2.24, 2.45) is 29.1 Å². The minimum atomic E-state index is -0.181. The van der Waals surface area contributed by atoms with Gasteiger partial charge in [-0.25, -0.2) is 0 Å². The van der Waals surface area contributed by atoms with Crippen molar-refractivity contribution in [1.29, 1.82) is 0 Å². The molecule has 3 fully saturated rings. The molecule has 0 aliphatic heterocycles. The Labute approximate surface area is 122 Å². The molecule has 2 heteroatoms. The van der Waals surface area contributed by atoms with E-state index in [-0.39, 0.29) is 17.6 Å². The van der Waals surface area contributed by atoms with Crippen molar-refractivity contribution >= 4 is 0 Å². The van der Waals surface area contributed by atoms with E-state index in [4.69, 9.17) is 0 Å². The van der Waals surface area contributed by atoms with Crippen molar-refractivity contribution < 1.29 is 10.2 Å². The van der Waals surface area contributed by atoms with E-state index in [2.05, 4.69) is 13.0 Å². The Hall–Kier alpha value is -0.340. The van der Waals surface area contributed by atoms with Gasteiger partial charge in [0.2, 0.25) is 0 Å². The molecule has 4 aliphatic rings. The van der Waals surface area contributed by atoms with Gasteiger partial charge in [0.25, 0.3) is 0 Å². The third-order valence-corrected chi connectivity index (χ3v) is 7.38. The Balaban J connectivity index is 1.62. The van der Waals surface area contributed by atoms with Gasteiger partial charge in [0.15, 0.2) is 0 Å². The van der Waals surface area contributed by atoms with E-state index in [1.165, 1.54) is 38.5 Å². The summed E-state index contributed by atoms with van der Waals surface area (Å²) in [6.07, 6.45) is 11.4. The molecule has 0 saturated heterocycles. The molecule has 4 aliphatic carbocycles. The van der Waals surface area contributed by atoms with Gasteiger partial charge in [-0.05, 0) is 80.5 Å². The second kappa shape index (κ2) is 4.58. The van der Waals surface area contributed by atoms with Crippen LogP contribution in [0.3, 0.4) is 0 Å². The first-order valence-corrected chi connectivity index (χ1v) is 8.66. The molecule has 0 bridgehead atoms. The number of rotatable bonds is 0. The summed E-state index contributed by atoms with van der Waals surface area (Å²) >= 11 is 0. The van der Waals surface area contributed by atoms with Crippen molar-refractivity contribution in [3.8, 4) is 0 Å². The van der Waals surface area contributed by atoms with Crippen LogP contribution in [-0.2, 0) is 0 Å². The maximum atomic E-state index is 10.4. The van der Waals surface area contributed by atoms with Crippen LogP contribution in [-0.4, -0.2) is 22.4 Å². The second-order valence-corrected chi connectivity index (χ2v) is 8.10. The third-order valence-electron chi connectivity index (χ3n) is 7.38. The van der Waals surface area contributed by atoms with Gasteiger partial charge in [-0.1, -0.05) is 18.6 Å². The number of allylic oxidation sites excluding steroid dienone is 1. The van der Waals surface area contributed by atoms with E-state index in [9.17, 15) is 10.2 Å². The van der Waals surface area contributed by atoms with E-state index >= 15 is 0 Å². The molecule has 20 heavy (non-hydrogen) atoms. The number of aliphatic hydroxyl groups excluding tert-OH is 2. The lowest BCUT2D eigenvalue weighted by molar-refractivity contribution is -0.0548. The fourth-order valence-electron chi connectivity index (χ4n) is 6.28. The lowest BCUT2D eigenvalue weighted by atomic mass is 9.52. The Morgan fingerprint density at radius 3 is 2.70 bits per heavy atom. The highest BCUT2D eigenvalue weighted by atomic mass is 16.3. The molecule has 0 aromatic rings. The van der Waals surface area contributed by atoms with Crippen LogP contribution in [0.2, 0.25) is 0 Å². The molecule has 0 aromatic heterocycles. The van der Waals surface area contributed by atoms with E-state index in [1.54, 1.807) is 5.57 Å². The monoisotopic (exact) mass is 276 g/mol. The molecule has 3 saturated carbocycles. The van der Waals surface area contributed by atoms with E-state index in [1.807, 2.05) is 0 Å². The van der Waals surface area contributed by atoms with Crippen molar-refractivity contribution in [1.82, 2.24) is 0 Å². The molecule has 2 nitrogen and oxygen atoms in total. The molecule has 112 valence electrons. The lowest BCUT2D eigenvalue weighted by Crippen LogP contribution is -2.47. The standard InChI is InChI=1S/C18H28O2/c1-18-9-8-14-13-5-3-12(19)10-11(13)2-4-15(14)16(18)6-7-17(18)20/h10,12-17,19-20H,2-9H2,1H3/t12?,13?,14?,15?,16?,17?,18-/m0/s1. The van der Waals surface area contributed by atoms with Crippen LogP contribution in [0.25, 0.3) is 0 Å². The molecule has 0 heterocycles. The first-order valence-electron chi connectivity index (χ1n) is 8.66. The Kier molecular flexibility index (Phi) is 3.05. The van der Waals surface area contributed by atoms with Crippen molar-refractivity contribution in [3.05, 3.63) is 11.6 Å². The smallest absolute Gasteiger partial charge is 0.0723 e. The van der Waals surface area contributed by atoms with Crippen LogP contribution < -0.4 is 0 Å². The first kappa shape index (κ1) is 13.3. The second-order valence-electron chi connectivity index (χ2n) is 8.10. The molecular formula is C18H28O2. The molecule has 0 aromatic carbocycles. The maximum absolute atomic E-state index is 10.4. The average molecular weight is 276 g/mol. The van der Waals surface area contributed by atoms with Gasteiger partial charge in [-0.2, -0.15) is 0 Å². The van der Waals surface area contributed by atoms with Gasteiger partial charge in [0.1, 0.15) is 0 Å². The van der Waals surface area contributed by atoms with Gasteiger partial charge in [0.05, 0.1) is 12.2 Å². The van der Waals surface area contributed by atoms with E-state index in [0.717, 1.165) is 36.5 Å². The highest BCUT2D eigenvalue weighted by molar-refractivity contribution is 5.20. The average Bonchev–Trinajstić information content (AvgIpc) is 2.74. The Morgan fingerprint density at radius 1 is 1.00 bits per heavy atom. The quantitative estimate of drug-likeness (QED) is 0.667. The largest absolute Gasteiger partial charge is 0.393 e. The molecule has 6 unspecified atom stereocenters. The minimum Gasteiger partial charge on any atom is -0.393 e. The maximum Gasteiger partial charge on any atom is 0.0723 e. The topological polar surface area (TPSA) is 40.5 Å². The van der Waals surface area contributed by atoms with Crippen LogP contribution in [0, 0.1) is 29.1 Å². The predicted octanol–water partition coefficient (Wildman–Crippen LogP) is 3.28. The van der Waals surface area contributed by atoms with Crippen LogP contribution >= 0.6 is 0 Å². The third kappa shape index (κ3) is 1.77. The SMILES string of the molecule is C[C@]12CCC3C4CCC(O)C=C4CCC3C1CCC2O. The van der Waals surface area contributed by atoms with Gasteiger partial charge >= 0.3 is 0 Å². The number of fused-ring (bicyclic) bond motifs is 5. The van der Waals surface area contributed by atoms with E-state index < -0.39 is 0 Å². The number of hydrogen-bond donors (Lipinski definition) is 2. The zero-order chi connectivity index (χ0) is 13.9. The minimum absolute atomic E-state index is 0.0569. The molecule has 0 amide bonds. The Morgan fingerprint density at radius 2 is 1.85 bits per heavy atom. The summed E-state index contributed by atoms with van der Waals surface area (Å²) in [6, 6.07) is 0. The van der Waals surface area contributed by atoms with Crippen LogP contribution in [0.4, 0.5) is 0 Å². The predicted molar refractivity (Wildman–Crippen MR) is 79.1 cm³/mol. The molecule has 0 radical (unpaired) electrons.